The van der Waals surface area contributed by atoms with Gasteiger partial charge in [-0.3, -0.25) is 24.6 Å². The molecule has 7 heterocycles. The number of hydrazine groups is 1. The number of carbonyl (C=O) groups excluding carboxylic acids is 3. The first-order valence-electron chi connectivity index (χ1n) is 23.2. The van der Waals surface area contributed by atoms with Crippen LogP contribution in [-0.2, 0) is 36.8 Å². The fourth-order valence-electron chi connectivity index (χ4n) is 11.1. The molecule has 6 atom stereocenters. The molecule has 9 rings (SSSR count). The number of hydrogen-bond donors (Lipinski definition) is 2. The number of carbonyl (C=O) groups is 3. The predicted octanol–water partition coefficient (Wildman–Crippen LogP) is 5.60. The van der Waals surface area contributed by atoms with Gasteiger partial charge in [0.05, 0.1) is 52.5 Å². The summed E-state index contributed by atoms with van der Waals surface area (Å²) in [5.74, 6) is 0.347. The van der Waals surface area contributed by atoms with Crippen molar-refractivity contribution in [1.29, 1.82) is 0 Å². The fourth-order valence-corrected chi connectivity index (χ4v) is 12.2. The number of benzene rings is 1. The van der Waals surface area contributed by atoms with Crippen LogP contribution in [0.5, 0.6) is 0 Å². The molecule has 0 radical (unpaired) electrons. The van der Waals surface area contributed by atoms with E-state index >= 15 is 0 Å². The number of nitrogens with zero attached hydrogens (tertiary/aromatic N) is 7. The standard InChI is InChI=1S/C48H67N9O5S/c1-9-56-39-12-11-31-21-34(39)36(42(56)35-22-33(25-49-41(35)30(2)61-8)55-19-17-53(6)18-20-55)24-46(3,4)29-62-45(60)47(5)14-10-16-57(52-47)43(58)37(23-40-50-38(31)27-63-40)51-44(59)48-15-13-32(48)26-54(7)28-48/h11-12,21-22,25,30,32,37-38,52H,9-10,13-20,23-24,26-29H2,1-8H3,(H,51,59)/t30-,32-,37-,38?,47+,48-/m0/s1. The van der Waals surface area contributed by atoms with Gasteiger partial charge in [0, 0.05) is 93.5 Å². The lowest BCUT2D eigenvalue weighted by Gasteiger charge is -2.44. The predicted molar refractivity (Wildman–Crippen MR) is 249 cm³/mol. The Hall–Kier alpha value is -4.02. The van der Waals surface area contributed by atoms with Crippen molar-refractivity contribution in [1.82, 2.24) is 35.1 Å². The number of piperazine rings is 1. The summed E-state index contributed by atoms with van der Waals surface area (Å²) in [6.45, 7) is 17.2. The first kappa shape index (κ1) is 44.2. The van der Waals surface area contributed by atoms with E-state index in [4.69, 9.17) is 19.5 Å². The van der Waals surface area contributed by atoms with Gasteiger partial charge in [-0.05, 0) is 102 Å². The minimum absolute atomic E-state index is 0.0494. The van der Waals surface area contributed by atoms with Crippen LogP contribution < -0.4 is 15.6 Å². The second kappa shape index (κ2) is 17.1. The maximum atomic E-state index is 14.6. The van der Waals surface area contributed by atoms with Crippen molar-refractivity contribution in [2.75, 3.05) is 84.3 Å². The van der Waals surface area contributed by atoms with Crippen LogP contribution in [-0.4, -0.2) is 138 Å². The second-order valence-electron chi connectivity index (χ2n) is 20.3. The number of aromatic nitrogens is 2. The molecular formula is C48H67N9O5S. The van der Waals surface area contributed by atoms with Crippen LogP contribution in [0.2, 0.25) is 0 Å². The number of aliphatic imine (C=N–C) groups is 1. The van der Waals surface area contributed by atoms with Crippen LogP contribution in [0, 0.1) is 16.7 Å². The van der Waals surface area contributed by atoms with Crippen molar-refractivity contribution in [2.24, 2.45) is 21.7 Å². The van der Waals surface area contributed by atoms with Gasteiger partial charge >= 0.3 is 5.97 Å². The van der Waals surface area contributed by atoms with Crippen LogP contribution >= 0.6 is 11.8 Å². The van der Waals surface area contributed by atoms with Gasteiger partial charge in [-0.25, -0.2) is 10.2 Å². The molecule has 340 valence electrons. The van der Waals surface area contributed by atoms with Crippen molar-refractivity contribution in [3.63, 3.8) is 0 Å². The average molecular weight is 882 g/mol. The Morgan fingerprint density at radius 2 is 1.87 bits per heavy atom. The van der Waals surface area contributed by atoms with Gasteiger partial charge in [-0.1, -0.05) is 19.9 Å². The summed E-state index contributed by atoms with van der Waals surface area (Å²) in [6, 6.07) is 8.13. The molecule has 15 heteroatoms. The van der Waals surface area contributed by atoms with E-state index in [1.165, 1.54) is 5.56 Å². The number of esters is 1. The molecule has 4 fully saturated rings. The maximum Gasteiger partial charge on any atom is 0.327 e. The van der Waals surface area contributed by atoms with Gasteiger partial charge in [0.1, 0.15) is 11.6 Å². The van der Waals surface area contributed by atoms with E-state index in [0.717, 1.165) is 102 Å². The maximum absolute atomic E-state index is 14.6. The lowest BCUT2D eigenvalue weighted by atomic mass is 9.61. The summed E-state index contributed by atoms with van der Waals surface area (Å²) in [7, 11) is 5.98. The van der Waals surface area contributed by atoms with Crippen molar-refractivity contribution >= 4 is 51.2 Å². The summed E-state index contributed by atoms with van der Waals surface area (Å²) in [4.78, 5) is 60.6. The first-order valence-corrected chi connectivity index (χ1v) is 24.2. The Bertz CT molecular complexity index is 2310. The number of fused-ring (bicyclic) bond motifs is 6. The number of likely N-dealkylation sites (tertiary alicyclic amines) is 1. The molecule has 2 amide bonds. The third-order valence-electron chi connectivity index (χ3n) is 15.0. The second-order valence-corrected chi connectivity index (χ2v) is 21.4. The van der Waals surface area contributed by atoms with Crippen LogP contribution in [0.3, 0.4) is 0 Å². The van der Waals surface area contributed by atoms with E-state index in [1.54, 1.807) is 23.9 Å². The van der Waals surface area contributed by atoms with Crippen molar-refractivity contribution in [3.05, 3.63) is 47.3 Å². The minimum atomic E-state index is -1.13. The van der Waals surface area contributed by atoms with E-state index in [2.05, 4.69) is 96.1 Å². The van der Waals surface area contributed by atoms with Gasteiger partial charge in [-0.15, -0.1) is 11.8 Å². The SMILES string of the molecule is CCn1c(-c2cc(N3CCN(C)CC3)cnc2[C@H](C)OC)c2c3cc(ccc31)C1CSC(=N1)C[C@H](NC(=O)[C@]13CC[C@H]1CN(C)C3)C(=O)N1CCC[C@@](C)(N1)C(=O)OCC(C)(C)C2. The molecule has 3 saturated heterocycles. The van der Waals surface area contributed by atoms with E-state index in [-0.39, 0.29) is 37.0 Å². The number of rotatable bonds is 7. The Labute approximate surface area is 376 Å². The zero-order valence-corrected chi connectivity index (χ0v) is 39.4. The molecule has 5 aliphatic heterocycles. The molecule has 63 heavy (non-hydrogen) atoms. The van der Waals surface area contributed by atoms with E-state index in [9.17, 15) is 14.4 Å². The summed E-state index contributed by atoms with van der Waals surface area (Å²) >= 11 is 1.67. The molecule has 1 unspecified atom stereocenters. The monoisotopic (exact) mass is 881 g/mol. The zero-order chi connectivity index (χ0) is 44.4. The smallest absolute Gasteiger partial charge is 0.327 e. The average Bonchev–Trinajstić information content (AvgIpc) is 3.93. The number of amides is 2. The van der Waals surface area contributed by atoms with Gasteiger partial charge in [0.25, 0.3) is 5.91 Å². The molecule has 2 N–H and O–H groups in total. The minimum Gasteiger partial charge on any atom is -0.464 e. The molecule has 6 aliphatic rings. The molecule has 1 aromatic carbocycles. The van der Waals surface area contributed by atoms with Crippen LogP contribution in [0.15, 0.2) is 35.5 Å². The molecule has 3 aromatic rings. The number of cyclic esters (lactones) is 1. The highest BCUT2D eigenvalue weighted by molar-refractivity contribution is 8.14. The van der Waals surface area contributed by atoms with E-state index in [1.807, 2.05) is 13.1 Å². The van der Waals surface area contributed by atoms with Gasteiger partial charge in [0.2, 0.25) is 5.91 Å². The van der Waals surface area contributed by atoms with E-state index < -0.39 is 28.4 Å². The Kier molecular flexibility index (Phi) is 12.0. The molecule has 14 nitrogen and oxygen atoms in total. The number of hydrogen-bond acceptors (Lipinski definition) is 12. The van der Waals surface area contributed by atoms with Gasteiger partial charge in [-0.2, -0.15) is 0 Å². The number of methoxy groups -OCH3 is 1. The highest BCUT2D eigenvalue weighted by atomic mass is 32.2. The first-order chi connectivity index (χ1) is 30.1. The molecular weight excluding hydrogens is 815 g/mol. The third-order valence-corrected chi connectivity index (χ3v) is 16.1. The number of thioether (sulfide) groups is 1. The van der Waals surface area contributed by atoms with Gasteiger partial charge in [0.15, 0.2) is 0 Å². The summed E-state index contributed by atoms with van der Waals surface area (Å²) < 4.78 is 14.7. The Morgan fingerprint density at radius 1 is 1.08 bits per heavy atom. The van der Waals surface area contributed by atoms with Crippen molar-refractivity contribution in [2.45, 2.75) is 103 Å². The van der Waals surface area contributed by atoms with E-state index in [0.29, 0.717) is 38.3 Å². The number of pyridine rings is 1. The highest BCUT2D eigenvalue weighted by Gasteiger charge is 2.57. The molecule has 1 aliphatic carbocycles. The molecule has 1 saturated carbocycles. The fraction of sp³-hybridized carbons (Fsp3) is 0.646. The Morgan fingerprint density at radius 3 is 2.59 bits per heavy atom. The van der Waals surface area contributed by atoms with Crippen LogP contribution in [0.25, 0.3) is 22.2 Å². The summed E-state index contributed by atoms with van der Waals surface area (Å²) in [5.41, 5.74) is 8.80. The number of aryl methyl sites for hydroxylation is 1. The summed E-state index contributed by atoms with van der Waals surface area (Å²) in [5, 5.41) is 6.81. The van der Waals surface area contributed by atoms with Gasteiger partial charge < -0.3 is 34.1 Å². The zero-order valence-electron chi connectivity index (χ0n) is 38.6. The summed E-state index contributed by atoms with van der Waals surface area (Å²) in [6.07, 6.45) is 5.65. The quantitative estimate of drug-likeness (QED) is 0.288. The van der Waals surface area contributed by atoms with Crippen molar-refractivity contribution in [3.8, 4) is 11.3 Å². The molecule has 0 spiro atoms. The largest absolute Gasteiger partial charge is 0.464 e. The van der Waals surface area contributed by atoms with Crippen molar-refractivity contribution < 1.29 is 23.9 Å². The Balaban J connectivity index is 1.15. The topological polar surface area (TPSA) is 137 Å². The number of nitrogens with one attached hydrogen (secondary N) is 2. The normalized spacial score (nSPS) is 29.8. The third kappa shape index (κ3) is 8.19. The number of anilines is 1. The molecule has 6 bridgehead atoms. The molecule has 2 aromatic heterocycles. The number of ether oxygens (including phenoxy) is 2. The lowest BCUT2D eigenvalue weighted by Crippen LogP contribution is -2.66. The van der Waals surface area contributed by atoms with Crippen LogP contribution in [0.1, 0.15) is 95.7 Å². The van der Waals surface area contributed by atoms with Crippen LogP contribution in [0.4, 0.5) is 5.69 Å². The number of likely N-dealkylation sites (N-methyl/N-ethyl adjacent to an activating group) is 1. The highest BCUT2D eigenvalue weighted by Crippen LogP contribution is 2.52. The lowest BCUT2D eigenvalue weighted by molar-refractivity contribution is -0.162.